The molecule has 1 atom stereocenters. The van der Waals surface area contributed by atoms with E-state index in [0.717, 1.165) is 24.0 Å². The third kappa shape index (κ3) is 5.00. The quantitative estimate of drug-likeness (QED) is 0.370. The third-order valence-corrected chi connectivity index (χ3v) is 4.66. The summed E-state index contributed by atoms with van der Waals surface area (Å²) in [6.07, 6.45) is 2.28. The Morgan fingerprint density at radius 3 is 2.67 bits per heavy atom. The van der Waals surface area contributed by atoms with Crippen molar-refractivity contribution in [2.45, 2.75) is 46.6 Å². The normalized spacial score (nSPS) is 11.9. The number of hydrogen-bond acceptors (Lipinski definition) is 6. The molecule has 0 amide bonds. The minimum absolute atomic E-state index is 0.109. The van der Waals surface area contributed by atoms with Crippen LogP contribution in [0.15, 0.2) is 51.9 Å². The van der Waals surface area contributed by atoms with E-state index in [4.69, 9.17) is 18.6 Å². The lowest BCUT2D eigenvalue weighted by Gasteiger charge is -2.14. The number of aryl methyl sites for hydroxylation is 2. The first-order valence-corrected chi connectivity index (χ1v) is 10.0. The van der Waals surface area contributed by atoms with E-state index in [2.05, 4.69) is 0 Å². The highest BCUT2D eigenvalue weighted by Crippen LogP contribution is 2.27. The van der Waals surface area contributed by atoms with Crippen LogP contribution in [0.5, 0.6) is 17.2 Å². The van der Waals surface area contributed by atoms with Crippen LogP contribution >= 0.6 is 0 Å². The van der Waals surface area contributed by atoms with Gasteiger partial charge in [0.15, 0.2) is 6.10 Å². The van der Waals surface area contributed by atoms with Gasteiger partial charge in [0.1, 0.15) is 23.3 Å². The molecule has 0 saturated carbocycles. The molecule has 0 aliphatic rings. The Kier molecular flexibility index (Phi) is 6.77. The molecular weight excluding hydrogens is 384 g/mol. The van der Waals surface area contributed by atoms with Crippen LogP contribution in [0.4, 0.5) is 0 Å². The molecule has 1 heterocycles. The minimum atomic E-state index is -0.766. The second kappa shape index (κ2) is 9.48. The zero-order valence-corrected chi connectivity index (χ0v) is 17.7. The summed E-state index contributed by atoms with van der Waals surface area (Å²) in [7, 11) is 0. The molecule has 3 aromatic rings. The Morgan fingerprint density at radius 1 is 1.10 bits per heavy atom. The van der Waals surface area contributed by atoms with Gasteiger partial charge in [0.05, 0.1) is 12.0 Å². The number of fused-ring (bicyclic) bond motifs is 1. The fourth-order valence-electron chi connectivity index (χ4n) is 2.86. The first kappa shape index (κ1) is 21.4. The molecule has 0 aliphatic carbocycles. The van der Waals surface area contributed by atoms with E-state index >= 15 is 0 Å². The van der Waals surface area contributed by atoms with Gasteiger partial charge in [0.25, 0.3) is 0 Å². The van der Waals surface area contributed by atoms with Crippen molar-refractivity contribution in [3.63, 3.8) is 0 Å². The maximum absolute atomic E-state index is 12.8. The third-order valence-electron chi connectivity index (χ3n) is 4.66. The fraction of sp³-hybridized carbons (Fsp3) is 0.333. The molecule has 158 valence electrons. The van der Waals surface area contributed by atoms with E-state index in [0.29, 0.717) is 29.1 Å². The summed E-state index contributed by atoms with van der Waals surface area (Å²) in [5.74, 6) is 0.700. The van der Waals surface area contributed by atoms with Crippen LogP contribution in [-0.4, -0.2) is 18.7 Å². The van der Waals surface area contributed by atoms with Crippen molar-refractivity contribution in [2.24, 2.45) is 0 Å². The van der Waals surface area contributed by atoms with E-state index in [9.17, 15) is 9.59 Å². The highest BCUT2D eigenvalue weighted by atomic mass is 16.6. The summed E-state index contributed by atoms with van der Waals surface area (Å²) in [5.41, 5.74) is 2.02. The van der Waals surface area contributed by atoms with Gasteiger partial charge in [-0.3, -0.25) is 4.79 Å². The van der Waals surface area contributed by atoms with Gasteiger partial charge in [-0.2, -0.15) is 0 Å². The maximum Gasteiger partial charge on any atom is 0.347 e. The molecule has 0 unspecified atom stereocenters. The lowest BCUT2D eigenvalue weighted by molar-refractivity contribution is -0.151. The van der Waals surface area contributed by atoms with Crippen LogP contribution in [0.2, 0.25) is 0 Å². The van der Waals surface area contributed by atoms with Crippen molar-refractivity contribution >= 4 is 16.9 Å². The molecule has 0 radical (unpaired) electrons. The van der Waals surface area contributed by atoms with Crippen molar-refractivity contribution in [3.05, 3.63) is 64.0 Å². The number of benzene rings is 2. The molecule has 0 bridgehead atoms. The Morgan fingerprint density at radius 2 is 1.90 bits per heavy atom. The monoisotopic (exact) mass is 410 g/mol. The number of ether oxygens (including phenoxy) is 3. The molecule has 6 nitrogen and oxygen atoms in total. The molecule has 0 fully saturated rings. The molecule has 0 aliphatic heterocycles. The molecule has 0 saturated heterocycles. The van der Waals surface area contributed by atoms with E-state index in [1.54, 1.807) is 25.1 Å². The van der Waals surface area contributed by atoms with Crippen LogP contribution in [0.25, 0.3) is 11.0 Å². The largest absolute Gasteiger partial charge is 0.479 e. The zero-order valence-electron chi connectivity index (χ0n) is 17.7. The van der Waals surface area contributed by atoms with Gasteiger partial charge in [-0.1, -0.05) is 25.5 Å². The Bertz CT molecular complexity index is 1100. The first-order chi connectivity index (χ1) is 14.4. The van der Waals surface area contributed by atoms with Crippen LogP contribution in [-0.2, 0) is 9.53 Å². The van der Waals surface area contributed by atoms with Crippen molar-refractivity contribution < 1.29 is 23.4 Å². The lowest BCUT2D eigenvalue weighted by Crippen LogP contribution is -2.26. The SMILES string of the molecule is CCCCOC(=O)[C@@H](C)Oc1ccc2c(=O)c(Oc3cc(C)ccc3C)coc2c1. The minimum Gasteiger partial charge on any atom is -0.479 e. The summed E-state index contributed by atoms with van der Waals surface area (Å²) in [6.45, 7) is 7.89. The molecular formula is C24H26O6. The standard InChI is InChI=1S/C24H26O6/c1-5-6-11-27-24(26)17(4)29-18-9-10-19-21(13-18)28-14-22(23(19)25)30-20-12-15(2)7-8-16(20)3/h7-10,12-14,17H,5-6,11H2,1-4H3/t17-/m1/s1. The highest BCUT2D eigenvalue weighted by Gasteiger charge is 2.17. The van der Waals surface area contributed by atoms with Crippen LogP contribution in [0, 0.1) is 13.8 Å². The second-order valence-electron chi connectivity index (χ2n) is 7.24. The fourth-order valence-corrected chi connectivity index (χ4v) is 2.86. The summed E-state index contributed by atoms with van der Waals surface area (Å²) in [6, 6.07) is 10.6. The van der Waals surface area contributed by atoms with Gasteiger partial charge in [-0.05, 0) is 56.5 Å². The Hall–Kier alpha value is -3.28. The maximum atomic E-state index is 12.8. The molecule has 1 aromatic heterocycles. The predicted molar refractivity (Wildman–Crippen MR) is 114 cm³/mol. The van der Waals surface area contributed by atoms with Crippen molar-refractivity contribution in [2.75, 3.05) is 6.61 Å². The molecule has 6 heteroatoms. The van der Waals surface area contributed by atoms with Gasteiger partial charge in [0, 0.05) is 6.07 Å². The molecule has 2 aromatic carbocycles. The van der Waals surface area contributed by atoms with Gasteiger partial charge < -0.3 is 18.6 Å². The second-order valence-corrected chi connectivity index (χ2v) is 7.24. The Labute approximate surface area is 175 Å². The average molecular weight is 410 g/mol. The van der Waals surface area contributed by atoms with Crippen molar-refractivity contribution in [3.8, 4) is 17.2 Å². The van der Waals surface area contributed by atoms with E-state index in [-0.39, 0.29) is 11.2 Å². The van der Waals surface area contributed by atoms with Gasteiger partial charge in [-0.15, -0.1) is 0 Å². The van der Waals surface area contributed by atoms with Gasteiger partial charge >= 0.3 is 5.97 Å². The predicted octanol–water partition coefficient (Wildman–Crippen LogP) is 5.31. The summed E-state index contributed by atoms with van der Waals surface area (Å²) in [5, 5.41) is 0.364. The van der Waals surface area contributed by atoms with E-state index in [1.165, 1.54) is 6.26 Å². The first-order valence-electron chi connectivity index (χ1n) is 10.0. The lowest BCUT2D eigenvalue weighted by atomic mass is 10.1. The number of rotatable bonds is 8. The zero-order chi connectivity index (χ0) is 21.7. The van der Waals surface area contributed by atoms with Crippen LogP contribution in [0.1, 0.15) is 37.8 Å². The number of unbranched alkanes of at least 4 members (excludes halogenated alkanes) is 1. The van der Waals surface area contributed by atoms with Gasteiger partial charge in [0.2, 0.25) is 11.2 Å². The van der Waals surface area contributed by atoms with Crippen molar-refractivity contribution in [1.82, 2.24) is 0 Å². The molecule has 30 heavy (non-hydrogen) atoms. The summed E-state index contributed by atoms with van der Waals surface area (Å²) < 4.78 is 22.2. The van der Waals surface area contributed by atoms with Crippen LogP contribution in [0.3, 0.4) is 0 Å². The number of hydrogen-bond donors (Lipinski definition) is 0. The molecule has 3 rings (SSSR count). The highest BCUT2D eigenvalue weighted by molar-refractivity contribution is 5.79. The smallest absolute Gasteiger partial charge is 0.347 e. The number of carbonyl (C=O) groups is 1. The Balaban J connectivity index is 1.78. The van der Waals surface area contributed by atoms with Gasteiger partial charge in [-0.25, -0.2) is 4.79 Å². The van der Waals surface area contributed by atoms with Crippen LogP contribution < -0.4 is 14.9 Å². The number of esters is 1. The topological polar surface area (TPSA) is 75.0 Å². The average Bonchev–Trinajstić information content (AvgIpc) is 2.72. The van der Waals surface area contributed by atoms with E-state index < -0.39 is 12.1 Å². The summed E-state index contributed by atoms with van der Waals surface area (Å²) in [4.78, 5) is 24.8. The molecule has 0 spiro atoms. The van der Waals surface area contributed by atoms with E-state index in [1.807, 2.05) is 39.0 Å². The van der Waals surface area contributed by atoms with Crippen molar-refractivity contribution in [1.29, 1.82) is 0 Å². The molecule has 0 N–H and O–H groups in total. The number of carbonyl (C=O) groups excluding carboxylic acids is 1. The summed E-state index contributed by atoms with van der Waals surface area (Å²) >= 11 is 0.